The van der Waals surface area contributed by atoms with Crippen LogP contribution < -0.4 is 10.1 Å². The predicted octanol–water partition coefficient (Wildman–Crippen LogP) is 0.0716. The van der Waals surface area contributed by atoms with Crippen molar-refractivity contribution in [1.29, 1.82) is 0 Å². The molecule has 0 aliphatic rings. The smallest absolute Gasteiger partial charge is 0.162 e. The van der Waals surface area contributed by atoms with Crippen LogP contribution in [-0.2, 0) is 7.05 Å². The second-order valence-corrected chi connectivity index (χ2v) is 3.05. The third-order valence-corrected chi connectivity index (χ3v) is 2.07. The number of methoxy groups -OCH3 is 1. The molecule has 0 spiro atoms. The van der Waals surface area contributed by atoms with E-state index in [0.717, 1.165) is 6.54 Å². The highest BCUT2D eigenvalue weighted by Gasteiger charge is 2.17. The summed E-state index contributed by atoms with van der Waals surface area (Å²) in [5, 5.41) is 16.9. The first kappa shape index (κ1) is 11.0. The van der Waals surface area contributed by atoms with Gasteiger partial charge < -0.3 is 15.2 Å². The largest absolute Gasteiger partial charge is 0.493 e. The Hall–Kier alpha value is -1.07. The highest BCUT2D eigenvalue weighted by Crippen LogP contribution is 2.23. The van der Waals surface area contributed by atoms with Crippen LogP contribution in [0.1, 0.15) is 18.7 Å². The van der Waals surface area contributed by atoms with Crippen molar-refractivity contribution < 1.29 is 9.84 Å². The fraction of sp³-hybridized carbons (Fsp3) is 0.667. The lowest BCUT2D eigenvalue weighted by Crippen LogP contribution is -2.22. The quantitative estimate of drug-likeness (QED) is 0.704. The lowest BCUT2D eigenvalue weighted by molar-refractivity contribution is 0.162. The normalized spacial score (nSPS) is 12.9. The summed E-state index contributed by atoms with van der Waals surface area (Å²) in [6, 6.07) is 0. The Morgan fingerprint density at radius 1 is 1.71 bits per heavy atom. The molecular formula is C9H17N3O2. The Labute approximate surface area is 83.7 Å². The lowest BCUT2D eigenvalue weighted by atomic mass is 10.2. The first-order chi connectivity index (χ1) is 6.70. The van der Waals surface area contributed by atoms with Gasteiger partial charge in [0.15, 0.2) is 5.75 Å². The van der Waals surface area contributed by atoms with Gasteiger partial charge in [-0.05, 0) is 6.54 Å². The summed E-state index contributed by atoms with van der Waals surface area (Å²) >= 11 is 0. The molecule has 0 amide bonds. The Morgan fingerprint density at radius 2 is 2.43 bits per heavy atom. The van der Waals surface area contributed by atoms with Crippen molar-refractivity contribution in [2.24, 2.45) is 7.05 Å². The van der Waals surface area contributed by atoms with Crippen molar-refractivity contribution in [3.8, 4) is 5.75 Å². The van der Waals surface area contributed by atoms with Crippen molar-refractivity contribution in [3.05, 3.63) is 11.9 Å². The zero-order chi connectivity index (χ0) is 10.6. The molecule has 1 aromatic rings. The summed E-state index contributed by atoms with van der Waals surface area (Å²) in [7, 11) is 3.35. The molecule has 0 radical (unpaired) electrons. The highest BCUT2D eigenvalue weighted by atomic mass is 16.5. The molecule has 0 aromatic carbocycles. The van der Waals surface area contributed by atoms with Gasteiger partial charge >= 0.3 is 0 Å². The van der Waals surface area contributed by atoms with E-state index in [1.807, 2.05) is 6.92 Å². The summed E-state index contributed by atoms with van der Waals surface area (Å²) in [6.07, 6.45) is 1.02. The number of aliphatic hydroxyl groups excluding tert-OH is 1. The van der Waals surface area contributed by atoms with Gasteiger partial charge in [0.25, 0.3) is 0 Å². The fourth-order valence-corrected chi connectivity index (χ4v) is 1.34. The summed E-state index contributed by atoms with van der Waals surface area (Å²) in [4.78, 5) is 0. The minimum atomic E-state index is -0.586. The molecule has 0 aliphatic heterocycles. The number of nitrogens with one attached hydrogen (secondary N) is 1. The summed E-state index contributed by atoms with van der Waals surface area (Å²) in [6.45, 7) is 3.33. The van der Waals surface area contributed by atoms with Crippen LogP contribution in [0.2, 0.25) is 0 Å². The number of hydrogen-bond acceptors (Lipinski definition) is 4. The van der Waals surface area contributed by atoms with Crippen molar-refractivity contribution in [1.82, 2.24) is 15.1 Å². The van der Waals surface area contributed by atoms with E-state index in [4.69, 9.17) is 4.74 Å². The third kappa shape index (κ3) is 2.24. The maximum Gasteiger partial charge on any atom is 0.162 e. The monoisotopic (exact) mass is 199 g/mol. The van der Waals surface area contributed by atoms with Crippen LogP contribution in [0.4, 0.5) is 0 Å². The third-order valence-electron chi connectivity index (χ3n) is 2.07. The molecule has 1 atom stereocenters. The van der Waals surface area contributed by atoms with Gasteiger partial charge in [0.2, 0.25) is 0 Å². The SMILES string of the molecule is CCNCC(O)c1c(OC)cnn1C. The molecule has 0 bridgehead atoms. The Kier molecular flexibility index (Phi) is 3.91. The van der Waals surface area contributed by atoms with Crippen molar-refractivity contribution >= 4 is 0 Å². The van der Waals surface area contributed by atoms with Gasteiger partial charge in [-0.1, -0.05) is 6.92 Å². The second kappa shape index (κ2) is 4.97. The van der Waals surface area contributed by atoms with Crippen LogP contribution >= 0.6 is 0 Å². The minimum Gasteiger partial charge on any atom is -0.493 e. The molecule has 1 heterocycles. The highest BCUT2D eigenvalue weighted by molar-refractivity contribution is 5.27. The molecule has 1 unspecified atom stereocenters. The van der Waals surface area contributed by atoms with E-state index in [9.17, 15) is 5.11 Å². The molecule has 2 N–H and O–H groups in total. The molecule has 0 saturated heterocycles. The first-order valence-electron chi connectivity index (χ1n) is 4.65. The summed E-state index contributed by atoms with van der Waals surface area (Å²) in [5.41, 5.74) is 0.702. The number of hydrogen-bond donors (Lipinski definition) is 2. The van der Waals surface area contributed by atoms with E-state index >= 15 is 0 Å². The average molecular weight is 199 g/mol. The van der Waals surface area contributed by atoms with Gasteiger partial charge in [0.05, 0.1) is 13.3 Å². The van der Waals surface area contributed by atoms with E-state index in [1.165, 1.54) is 0 Å². The predicted molar refractivity (Wildman–Crippen MR) is 53.3 cm³/mol. The molecule has 1 rings (SSSR count). The minimum absolute atomic E-state index is 0.506. The number of rotatable bonds is 5. The zero-order valence-corrected chi connectivity index (χ0v) is 8.82. The molecule has 0 saturated carbocycles. The van der Waals surface area contributed by atoms with Gasteiger partial charge in [-0.25, -0.2) is 0 Å². The Morgan fingerprint density at radius 3 is 3.00 bits per heavy atom. The zero-order valence-electron chi connectivity index (χ0n) is 8.82. The van der Waals surface area contributed by atoms with Crippen LogP contribution in [0.15, 0.2) is 6.20 Å². The molecule has 1 aromatic heterocycles. The van der Waals surface area contributed by atoms with Crippen LogP contribution in [0.25, 0.3) is 0 Å². The molecule has 14 heavy (non-hydrogen) atoms. The molecule has 80 valence electrons. The number of aromatic nitrogens is 2. The average Bonchev–Trinajstić information content (AvgIpc) is 2.56. The number of nitrogens with zero attached hydrogens (tertiary/aromatic N) is 2. The molecular weight excluding hydrogens is 182 g/mol. The van der Waals surface area contributed by atoms with Crippen molar-refractivity contribution in [2.45, 2.75) is 13.0 Å². The van der Waals surface area contributed by atoms with Crippen LogP contribution in [0, 0.1) is 0 Å². The second-order valence-electron chi connectivity index (χ2n) is 3.05. The van der Waals surface area contributed by atoms with Crippen molar-refractivity contribution in [3.63, 3.8) is 0 Å². The van der Waals surface area contributed by atoms with Gasteiger partial charge in [0, 0.05) is 13.6 Å². The molecule has 5 nitrogen and oxygen atoms in total. The van der Waals surface area contributed by atoms with E-state index in [-0.39, 0.29) is 0 Å². The van der Waals surface area contributed by atoms with Gasteiger partial charge in [-0.2, -0.15) is 5.10 Å². The van der Waals surface area contributed by atoms with Gasteiger partial charge in [0.1, 0.15) is 11.8 Å². The first-order valence-corrected chi connectivity index (χ1v) is 4.65. The van der Waals surface area contributed by atoms with Gasteiger partial charge in [-0.3, -0.25) is 4.68 Å². The maximum absolute atomic E-state index is 9.83. The Bertz CT molecular complexity index is 286. The standard InChI is InChI=1S/C9H17N3O2/c1-4-10-5-7(13)9-8(14-3)6-11-12(9)2/h6-7,10,13H,4-5H2,1-3H3. The summed E-state index contributed by atoms with van der Waals surface area (Å²) < 4.78 is 6.72. The van der Waals surface area contributed by atoms with Crippen molar-refractivity contribution in [2.75, 3.05) is 20.2 Å². The maximum atomic E-state index is 9.83. The topological polar surface area (TPSA) is 59.3 Å². The van der Waals surface area contributed by atoms with Crippen LogP contribution in [0.5, 0.6) is 5.75 Å². The summed E-state index contributed by atoms with van der Waals surface area (Å²) in [5.74, 6) is 0.623. The Balaban J connectivity index is 2.76. The van der Waals surface area contributed by atoms with Gasteiger partial charge in [-0.15, -0.1) is 0 Å². The number of likely N-dealkylation sites (N-methyl/N-ethyl adjacent to an activating group) is 1. The molecule has 0 aliphatic carbocycles. The van der Waals surface area contributed by atoms with Crippen LogP contribution in [-0.4, -0.2) is 35.1 Å². The van der Waals surface area contributed by atoms with E-state index in [0.29, 0.717) is 18.0 Å². The molecule has 5 heteroatoms. The molecule has 0 fully saturated rings. The van der Waals surface area contributed by atoms with E-state index < -0.39 is 6.10 Å². The van der Waals surface area contributed by atoms with E-state index in [2.05, 4.69) is 10.4 Å². The van der Waals surface area contributed by atoms with E-state index in [1.54, 1.807) is 25.0 Å². The number of aryl methyl sites for hydroxylation is 1. The number of aliphatic hydroxyl groups is 1. The van der Waals surface area contributed by atoms with Crippen LogP contribution in [0.3, 0.4) is 0 Å². The number of ether oxygens (including phenoxy) is 1. The lowest BCUT2D eigenvalue weighted by Gasteiger charge is -2.12. The fourth-order valence-electron chi connectivity index (χ4n) is 1.34.